The van der Waals surface area contributed by atoms with Crippen LogP contribution in [0.4, 0.5) is 0 Å². The second kappa shape index (κ2) is 3.77. The lowest BCUT2D eigenvalue weighted by Crippen LogP contribution is -1.97. The lowest BCUT2D eigenvalue weighted by atomic mass is 10.1. The first-order chi connectivity index (χ1) is 7.59. The van der Waals surface area contributed by atoms with Crippen LogP contribution in [0, 0.1) is 13.8 Å². The van der Waals surface area contributed by atoms with Gasteiger partial charge in [0.2, 0.25) is 0 Å². The largest absolute Gasteiger partial charge is 0.478 e. The lowest BCUT2D eigenvalue weighted by Gasteiger charge is -2.00. The number of aryl methyl sites for hydroxylation is 2. The van der Waals surface area contributed by atoms with E-state index in [-0.39, 0.29) is 5.56 Å². The highest BCUT2D eigenvalue weighted by Crippen LogP contribution is 2.22. The zero-order valence-electron chi connectivity index (χ0n) is 8.98. The highest BCUT2D eigenvalue weighted by molar-refractivity contribution is 5.87. The van der Waals surface area contributed by atoms with E-state index in [4.69, 9.17) is 5.11 Å². The van der Waals surface area contributed by atoms with Gasteiger partial charge in [-0.3, -0.25) is 10.1 Å². The summed E-state index contributed by atoms with van der Waals surface area (Å²) in [6, 6.07) is 3.23. The quantitative estimate of drug-likeness (QED) is 0.803. The fraction of sp³-hybridized carbons (Fsp3) is 0.182. The van der Waals surface area contributed by atoms with Crippen LogP contribution < -0.4 is 0 Å². The fourth-order valence-corrected chi connectivity index (χ4v) is 1.60. The normalized spacial score (nSPS) is 10.4. The molecule has 0 unspecified atom stereocenters. The SMILES string of the molecule is Cc1n[nH]c(C)c1-c1ccc(C(=O)O)cn1. The van der Waals surface area contributed by atoms with Gasteiger partial charge in [-0.05, 0) is 26.0 Å². The van der Waals surface area contributed by atoms with Crippen LogP contribution in [-0.2, 0) is 0 Å². The van der Waals surface area contributed by atoms with Gasteiger partial charge in [0.25, 0.3) is 0 Å². The minimum Gasteiger partial charge on any atom is -0.478 e. The first-order valence-corrected chi connectivity index (χ1v) is 4.81. The summed E-state index contributed by atoms with van der Waals surface area (Å²) in [5.41, 5.74) is 3.62. The molecule has 0 spiro atoms. The van der Waals surface area contributed by atoms with Crippen LogP contribution in [0.5, 0.6) is 0 Å². The van der Waals surface area contributed by atoms with E-state index in [1.807, 2.05) is 13.8 Å². The molecule has 0 amide bonds. The van der Waals surface area contributed by atoms with Crippen molar-refractivity contribution in [3.63, 3.8) is 0 Å². The minimum absolute atomic E-state index is 0.183. The van der Waals surface area contributed by atoms with Crippen LogP contribution in [0.1, 0.15) is 21.7 Å². The van der Waals surface area contributed by atoms with Crippen molar-refractivity contribution in [3.05, 3.63) is 35.3 Å². The molecule has 0 atom stereocenters. The Hall–Kier alpha value is -2.17. The third-order valence-electron chi connectivity index (χ3n) is 2.39. The van der Waals surface area contributed by atoms with Crippen molar-refractivity contribution in [1.82, 2.24) is 15.2 Å². The maximum absolute atomic E-state index is 10.7. The summed E-state index contributed by atoms with van der Waals surface area (Å²) in [6.45, 7) is 3.79. The average Bonchev–Trinajstić information content (AvgIpc) is 2.59. The number of pyridine rings is 1. The van der Waals surface area contributed by atoms with Gasteiger partial charge in [0.1, 0.15) is 0 Å². The van der Waals surface area contributed by atoms with E-state index in [0.29, 0.717) is 0 Å². The molecule has 0 aliphatic carbocycles. The molecule has 5 heteroatoms. The van der Waals surface area contributed by atoms with Gasteiger partial charge in [-0.25, -0.2) is 4.79 Å². The molecule has 2 N–H and O–H groups in total. The molecule has 0 fully saturated rings. The Morgan fingerprint density at radius 3 is 2.56 bits per heavy atom. The van der Waals surface area contributed by atoms with E-state index in [9.17, 15) is 4.79 Å². The maximum Gasteiger partial charge on any atom is 0.337 e. The van der Waals surface area contributed by atoms with Crippen molar-refractivity contribution in [1.29, 1.82) is 0 Å². The molecule has 2 aromatic heterocycles. The number of hydrogen-bond acceptors (Lipinski definition) is 3. The van der Waals surface area contributed by atoms with Crippen LogP contribution in [0.15, 0.2) is 18.3 Å². The molecular weight excluding hydrogens is 206 g/mol. The lowest BCUT2D eigenvalue weighted by molar-refractivity contribution is 0.0696. The number of H-pyrrole nitrogens is 1. The van der Waals surface area contributed by atoms with Gasteiger partial charge in [-0.1, -0.05) is 0 Å². The molecule has 0 saturated heterocycles. The fourth-order valence-electron chi connectivity index (χ4n) is 1.60. The zero-order valence-corrected chi connectivity index (χ0v) is 8.98. The topological polar surface area (TPSA) is 78.9 Å². The number of aromatic carboxylic acids is 1. The second-order valence-electron chi connectivity index (χ2n) is 3.55. The molecule has 2 heterocycles. The van der Waals surface area contributed by atoms with Crippen LogP contribution in [0.2, 0.25) is 0 Å². The Labute approximate surface area is 92.2 Å². The molecule has 16 heavy (non-hydrogen) atoms. The minimum atomic E-state index is -0.973. The van der Waals surface area contributed by atoms with E-state index in [1.54, 1.807) is 6.07 Å². The van der Waals surface area contributed by atoms with Gasteiger partial charge in [0, 0.05) is 17.5 Å². The van der Waals surface area contributed by atoms with Crippen molar-refractivity contribution in [2.24, 2.45) is 0 Å². The summed E-state index contributed by atoms with van der Waals surface area (Å²) in [4.78, 5) is 14.8. The standard InChI is InChI=1S/C11H11N3O2/c1-6-10(7(2)14-13-6)9-4-3-8(5-12-9)11(15)16/h3-5H,1-2H3,(H,13,14)(H,15,16). The van der Waals surface area contributed by atoms with Gasteiger partial charge in [0.05, 0.1) is 17.0 Å². The summed E-state index contributed by atoms with van der Waals surface area (Å²) in [6.07, 6.45) is 1.35. The Morgan fingerprint density at radius 2 is 2.12 bits per heavy atom. The molecule has 0 aliphatic rings. The van der Waals surface area contributed by atoms with Gasteiger partial charge in [-0.15, -0.1) is 0 Å². The first-order valence-electron chi connectivity index (χ1n) is 4.81. The molecule has 0 radical (unpaired) electrons. The third-order valence-corrected chi connectivity index (χ3v) is 2.39. The van der Waals surface area contributed by atoms with Crippen molar-refractivity contribution in [2.75, 3.05) is 0 Å². The van der Waals surface area contributed by atoms with Crippen LogP contribution >= 0.6 is 0 Å². The third kappa shape index (κ3) is 1.67. The number of nitrogens with one attached hydrogen (secondary N) is 1. The van der Waals surface area contributed by atoms with Gasteiger partial charge < -0.3 is 5.11 Å². The average molecular weight is 217 g/mol. The number of carboxylic acids is 1. The van der Waals surface area contributed by atoms with Crippen LogP contribution in [0.25, 0.3) is 11.3 Å². The van der Waals surface area contributed by atoms with E-state index >= 15 is 0 Å². The number of rotatable bonds is 2. The first kappa shape index (κ1) is 10.4. The van der Waals surface area contributed by atoms with Crippen molar-refractivity contribution in [3.8, 4) is 11.3 Å². The number of aromatic amines is 1. The van der Waals surface area contributed by atoms with Crippen molar-refractivity contribution in [2.45, 2.75) is 13.8 Å². The summed E-state index contributed by atoms with van der Waals surface area (Å²) in [5, 5.41) is 15.7. The highest BCUT2D eigenvalue weighted by Gasteiger charge is 2.11. The second-order valence-corrected chi connectivity index (χ2v) is 3.55. The predicted molar refractivity (Wildman–Crippen MR) is 58.3 cm³/mol. The number of carboxylic acid groups (broad SMARTS) is 1. The number of aromatic nitrogens is 3. The molecule has 82 valence electrons. The molecule has 5 nitrogen and oxygen atoms in total. The van der Waals surface area contributed by atoms with E-state index in [1.165, 1.54) is 12.3 Å². The van der Waals surface area contributed by atoms with Crippen molar-refractivity contribution >= 4 is 5.97 Å². The number of nitrogens with zero attached hydrogens (tertiary/aromatic N) is 2. The molecule has 0 aromatic carbocycles. The molecular formula is C11H11N3O2. The monoisotopic (exact) mass is 217 g/mol. The van der Waals surface area contributed by atoms with E-state index < -0.39 is 5.97 Å². The van der Waals surface area contributed by atoms with Crippen LogP contribution in [-0.4, -0.2) is 26.3 Å². The van der Waals surface area contributed by atoms with Gasteiger partial charge in [-0.2, -0.15) is 5.10 Å². The summed E-state index contributed by atoms with van der Waals surface area (Å²) in [5.74, 6) is -0.973. The maximum atomic E-state index is 10.7. The van der Waals surface area contributed by atoms with Gasteiger partial charge in [0.15, 0.2) is 0 Å². The molecule has 0 saturated carbocycles. The van der Waals surface area contributed by atoms with Crippen molar-refractivity contribution < 1.29 is 9.90 Å². The Kier molecular flexibility index (Phi) is 2.44. The van der Waals surface area contributed by atoms with Gasteiger partial charge >= 0.3 is 5.97 Å². The molecule has 0 bridgehead atoms. The molecule has 2 rings (SSSR count). The Bertz CT molecular complexity index is 509. The van der Waals surface area contributed by atoms with E-state index in [2.05, 4.69) is 15.2 Å². The predicted octanol–water partition coefficient (Wildman–Crippen LogP) is 1.79. The van der Waals surface area contributed by atoms with E-state index in [0.717, 1.165) is 22.6 Å². The Morgan fingerprint density at radius 1 is 1.38 bits per heavy atom. The summed E-state index contributed by atoms with van der Waals surface area (Å²) in [7, 11) is 0. The van der Waals surface area contributed by atoms with Crippen LogP contribution in [0.3, 0.4) is 0 Å². The number of carbonyl (C=O) groups is 1. The zero-order chi connectivity index (χ0) is 11.7. The smallest absolute Gasteiger partial charge is 0.337 e. The number of hydrogen-bond donors (Lipinski definition) is 2. The highest BCUT2D eigenvalue weighted by atomic mass is 16.4. The summed E-state index contributed by atoms with van der Waals surface area (Å²) >= 11 is 0. The molecule has 2 aromatic rings. The summed E-state index contributed by atoms with van der Waals surface area (Å²) < 4.78 is 0. The molecule has 0 aliphatic heterocycles. The Balaban J connectivity index is 2.46.